The quantitative estimate of drug-likeness (QED) is 0.790. The maximum absolute atomic E-state index is 12.5. The second kappa shape index (κ2) is 4.83. The van der Waals surface area contributed by atoms with Crippen molar-refractivity contribution in [2.24, 2.45) is 0 Å². The SMILES string of the molecule is CN1C(=O)C(C2CNCCN2C)Oc2ccccc21. The van der Waals surface area contributed by atoms with E-state index in [1.807, 2.05) is 38.4 Å². The Labute approximate surface area is 113 Å². The Hall–Kier alpha value is -1.59. The number of hydrogen-bond acceptors (Lipinski definition) is 4. The maximum atomic E-state index is 12.5. The van der Waals surface area contributed by atoms with Crippen LogP contribution < -0.4 is 15.0 Å². The number of likely N-dealkylation sites (N-methyl/N-ethyl adjacent to an activating group) is 2. The molecule has 2 heterocycles. The van der Waals surface area contributed by atoms with E-state index in [0.29, 0.717) is 0 Å². The number of piperazine rings is 1. The van der Waals surface area contributed by atoms with Gasteiger partial charge >= 0.3 is 0 Å². The fourth-order valence-electron chi connectivity index (χ4n) is 2.74. The normalized spacial score (nSPS) is 27.9. The minimum absolute atomic E-state index is 0.0271. The molecule has 1 saturated heterocycles. The minimum atomic E-state index is -0.433. The van der Waals surface area contributed by atoms with E-state index in [1.54, 1.807) is 4.90 Å². The number of benzene rings is 1. The van der Waals surface area contributed by atoms with Gasteiger partial charge in [-0.25, -0.2) is 0 Å². The molecule has 0 aromatic heterocycles. The van der Waals surface area contributed by atoms with E-state index in [2.05, 4.69) is 10.2 Å². The number of rotatable bonds is 1. The van der Waals surface area contributed by atoms with Crippen molar-refractivity contribution in [2.45, 2.75) is 12.1 Å². The highest BCUT2D eigenvalue weighted by atomic mass is 16.5. The van der Waals surface area contributed by atoms with Gasteiger partial charge in [0.15, 0.2) is 6.10 Å². The van der Waals surface area contributed by atoms with E-state index in [1.165, 1.54) is 0 Å². The van der Waals surface area contributed by atoms with Crippen LogP contribution in [0.25, 0.3) is 0 Å². The number of nitrogens with one attached hydrogen (secondary N) is 1. The molecule has 2 unspecified atom stereocenters. The van der Waals surface area contributed by atoms with Gasteiger partial charge in [0, 0.05) is 26.7 Å². The van der Waals surface area contributed by atoms with E-state index >= 15 is 0 Å². The topological polar surface area (TPSA) is 44.8 Å². The molecule has 0 saturated carbocycles. The van der Waals surface area contributed by atoms with Crippen molar-refractivity contribution >= 4 is 11.6 Å². The Morgan fingerprint density at radius 3 is 2.89 bits per heavy atom. The summed E-state index contributed by atoms with van der Waals surface area (Å²) >= 11 is 0. The second-order valence-electron chi connectivity index (χ2n) is 5.16. The predicted octanol–water partition coefficient (Wildman–Crippen LogP) is 0.314. The molecule has 3 rings (SSSR count). The van der Waals surface area contributed by atoms with Gasteiger partial charge in [0.2, 0.25) is 0 Å². The van der Waals surface area contributed by atoms with Crippen molar-refractivity contribution in [3.8, 4) is 5.75 Å². The van der Waals surface area contributed by atoms with Gasteiger partial charge in [-0.2, -0.15) is 0 Å². The number of anilines is 1. The number of hydrogen-bond donors (Lipinski definition) is 1. The average molecular weight is 261 g/mol. The van der Waals surface area contributed by atoms with Crippen molar-refractivity contribution in [2.75, 3.05) is 38.6 Å². The maximum Gasteiger partial charge on any atom is 0.269 e. The van der Waals surface area contributed by atoms with Crippen LogP contribution in [-0.2, 0) is 4.79 Å². The first-order valence-electron chi connectivity index (χ1n) is 6.62. The molecule has 19 heavy (non-hydrogen) atoms. The molecule has 102 valence electrons. The van der Waals surface area contributed by atoms with Gasteiger partial charge in [0.05, 0.1) is 11.7 Å². The summed E-state index contributed by atoms with van der Waals surface area (Å²) in [4.78, 5) is 16.4. The van der Waals surface area contributed by atoms with Gasteiger partial charge in [-0.3, -0.25) is 9.69 Å². The zero-order valence-corrected chi connectivity index (χ0v) is 11.3. The van der Waals surface area contributed by atoms with Crippen LogP contribution in [-0.4, -0.2) is 56.7 Å². The summed E-state index contributed by atoms with van der Waals surface area (Å²) in [6, 6.07) is 7.76. The number of carbonyl (C=O) groups excluding carboxylic acids is 1. The van der Waals surface area contributed by atoms with E-state index < -0.39 is 6.10 Å². The largest absolute Gasteiger partial charge is 0.477 e. The molecule has 2 aliphatic rings. The van der Waals surface area contributed by atoms with Gasteiger partial charge in [0.1, 0.15) is 5.75 Å². The van der Waals surface area contributed by atoms with Gasteiger partial charge in [-0.1, -0.05) is 12.1 Å². The third-order valence-corrected chi connectivity index (χ3v) is 3.96. The molecular formula is C14H19N3O2. The third kappa shape index (κ3) is 2.09. The molecule has 5 nitrogen and oxygen atoms in total. The van der Waals surface area contributed by atoms with Gasteiger partial charge < -0.3 is 15.0 Å². The first kappa shape index (κ1) is 12.4. The van der Waals surface area contributed by atoms with E-state index in [-0.39, 0.29) is 11.9 Å². The molecule has 0 spiro atoms. The summed E-state index contributed by atoms with van der Waals surface area (Å²) in [6.45, 7) is 2.67. The van der Waals surface area contributed by atoms with Crippen LogP contribution in [0.15, 0.2) is 24.3 Å². The lowest BCUT2D eigenvalue weighted by Gasteiger charge is -2.41. The van der Waals surface area contributed by atoms with Crippen LogP contribution in [0.2, 0.25) is 0 Å². The number of fused-ring (bicyclic) bond motifs is 1. The molecule has 1 amide bonds. The zero-order chi connectivity index (χ0) is 13.4. The molecule has 5 heteroatoms. The molecule has 0 radical (unpaired) electrons. The molecule has 1 N–H and O–H groups in total. The molecule has 1 aromatic carbocycles. The molecule has 1 fully saturated rings. The number of para-hydroxylation sites is 2. The van der Waals surface area contributed by atoms with Crippen LogP contribution >= 0.6 is 0 Å². The molecule has 0 bridgehead atoms. The van der Waals surface area contributed by atoms with Crippen LogP contribution in [0, 0.1) is 0 Å². The summed E-state index contributed by atoms with van der Waals surface area (Å²) in [5.74, 6) is 0.813. The van der Waals surface area contributed by atoms with E-state index in [4.69, 9.17) is 4.74 Å². The lowest BCUT2D eigenvalue weighted by molar-refractivity contribution is -0.129. The van der Waals surface area contributed by atoms with Gasteiger partial charge in [-0.05, 0) is 19.2 Å². The Kier molecular flexibility index (Phi) is 3.16. The van der Waals surface area contributed by atoms with Gasteiger partial charge in [0.25, 0.3) is 5.91 Å². The summed E-state index contributed by atoms with van der Waals surface area (Å²) in [5, 5.41) is 3.33. The Morgan fingerprint density at radius 1 is 1.32 bits per heavy atom. The van der Waals surface area contributed by atoms with Crippen molar-refractivity contribution in [1.29, 1.82) is 0 Å². The fraction of sp³-hybridized carbons (Fsp3) is 0.500. The Morgan fingerprint density at radius 2 is 2.11 bits per heavy atom. The van der Waals surface area contributed by atoms with Crippen molar-refractivity contribution < 1.29 is 9.53 Å². The van der Waals surface area contributed by atoms with Crippen LogP contribution in [0.3, 0.4) is 0 Å². The summed E-state index contributed by atoms with van der Waals surface area (Å²) in [6.07, 6.45) is -0.433. The lowest BCUT2D eigenvalue weighted by Crippen LogP contribution is -2.61. The first-order valence-corrected chi connectivity index (χ1v) is 6.62. The molecule has 2 atom stereocenters. The minimum Gasteiger partial charge on any atom is -0.477 e. The highest BCUT2D eigenvalue weighted by Gasteiger charge is 2.40. The monoisotopic (exact) mass is 261 g/mol. The van der Waals surface area contributed by atoms with E-state index in [0.717, 1.165) is 31.1 Å². The van der Waals surface area contributed by atoms with E-state index in [9.17, 15) is 4.79 Å². The fourth-order valence-corrected chi connectivity index (χ4v) is 2.74. The molecule has 0 aliphatic carbocycles. The number of carbonyl (C=O) groups is 1. The molecule has 2 aliphatic heterocycles. The Bertz CT molecular complexity index is 491. The number of nitrogens with zero attached hydrogens (tertiary/aromatic N) is 2. The predicted molar refractivity (Wildman–Crippen MR) is 73.6 cm³/mol. The standard InChI is InChI=1S/C14H19N3O2/c1-16-8-7-15-9-11(16)13-14(18)17(2)10-5-3-4-6-12(10)19-13/h3-6,11,13,15H,7-9H2,1-2H3. The molecule has 1 aromatic rings. The van der Waals surface area contributed by atoms with Gasteiger partial charge in [-0.15, -0.1) is 0 Å². The van der Waals surface area contributed by atoms with Crippen LogP contribution in [0.5, 0.6) is 5.75 Å². The van der Waals surface area contributed by atoms with Crippen LogP contribution in [0.1, 0.15) is 0 Å². The summed E-state index contributed by atoms with van der Waals surface area (Å²) in [5.41, 5.74) is 0.843. The van der Waals surface area contributed by atoms with Crippen molar-refractivity contribution in [3.63, 3.8) is 0 Å². The third-order valence-electron chi connectivity index (χ3n) is 3.96. The highest BCUT2D eigenvalue weighted by molar-refractivity contribution is 6.00. The highest BCUT2D eigenvalue weighted by Crippen LogP contribution is 2.34. The van der Waals surface area contributed by atoms with Crippen molar-refractivity contribution in [3.05, 3.63) is 24.3 Å². The average Bonchev–Trinajstić information content (AvgIpc) is 2.44. The smallest absolute Gasteiger partial charge is 0.269 e. The summed E-state index contributed by atoms with van der Waals surface area (Å²) in [7, 11) is 3.86. The lowest BCUT2D eigenvalue weighted by atomic mass is 10.0. The van der Waals surface area contributed by atoms with Crippen molar-refractivity contribution in [1.82, 2.24) is 10.2 Å². The number of amides is 1. The number of ether oxygens (including phenoxy) is 1. The zero-order valence-electron chi connectivity index (χ0n) is 11.3. The summed E-state index contributed by atoms with van der Waals surface area (Å²) < 4.78 is 5.95. The molecular weight excluding hydrogens is 242 g/mol. The van der Waals surface area contributed by atoms with Crippen LogP contribution in [0.4, 0.5) is 5.69 Å². The first-order chi connectivity index (χ1) is 9.18. The Balaban J connectivity index is 1.90. The second-order valence-corrected chi connectivity index (χ2v) is 5.16.